The molecule has 0 spiro atoms. The van der Waals surface area contributed by atoms with Crippen molar-refractivity contribution in [1.29, 1.82) is 0 Å². The average molecular weight is 306 g/mol. The van der Waals surface area contributed by atoms with Crippen LogP contribution in [0.1, 0.15) is 39.0 Å². The van der Waals surface area contributed by atoms with Gasteiger partial charge in [0.05, 0.1) is 5.39 Å². The van der Waals surface area contributed by atoms with Crippen LogP contribution >= 0.6 is 11.3 Å². The van der Waals surface area contributed by atoms with Gasteiger partial charge in [-0.05, 0) is 32.8 Å². The fourth-order valence-electron chi connectivity index (χ4n) is 2.38. The van der Waals surface area contributed by atoms with Crippen LogP contribution in [0.5, 0.6) is 0 Å². The molecule has 2 heterocycles. The predicted molar refractivity (Wildman–Crippen MR) is 93.7 cm³/mol. The smallest absolute Gasteiger partial charge is 0.226 e. The second-order valence-corrected chi connectivity index (χ2v) is 6.76. The molecule has 0 aliphatic carbocycles. The standard InChI is InChI=1S/C16H26N4S/c1-6-11(4)10-20(8-3)14-13-9-12(5)21-15(13)19-16(18-14)17-7-2/h9,11H,6-8,10H2,1-5H3,(H,17,18,19). The van der Waals surface area contributed by atoms with E-state index in [9.17, 15) is 0 Å². The minimum atomic E-state index is 0.664. The Balaban J connectivity index is 2.47. The molecule has 0 amide bonds. The molecule has 5 heteroatoms. The van der Waals surface area contributed by atoms with E-state index in [2.05, 4.69) is 55.9 Å². The summed E-state index contributed by atoms with van der Waals surface area (Å²) in [6, 6.07) is 2.21. The van der Waals surface area contributed by atoms with Crippen molar-refractivity contribution in [2.75, 3.05) is 29.9 Å². The Hall–Kier alpha value is -1.36. The van der Waals surface area contributed by atoms with Gasteiger partial charge in [0.1, 0.15) is 10.6 Å². The van der Waals surface area contributed by atoms with Gasteiger partial charge in [-0.1, -0.05) is 20.3 Å². The molecule has 0 aliphatic rings. The largest absolute Gasteiger partial charge is 0.356 e. The van der Waals surface area contributed by atoms with Gasteiger partial charge in [-0.25, -0.2) is 4.98 Å². The highest BCUT2D eigenvalue weighted by Gasteiger charge is 2.16. The molecule has 0 bridgehead atoms. The van der Waals surface area contributed by atoms with Crippen molar-refractivity contribution in [3.63, 3.8) is 0 Å². The van der Waals surface area contributed by atoms with Crippen molar-refractivity contribution in [2.45, 2.75) is 41.0 Å². The number of aromatic nitrogens is 2. The lowest BCUT2D eigenvalue weighted by Crippen LogP contribution is -2.29. The Morgan fingerprint density at radius 2 is 2.05 bits per heavy atom. The number of hydrogen-bond acceptors (Lipinski definition) is 5. The summed E-state index contributed by atoms with van der Waals surface area (Å²) in [7, 11) is 0. The van der Waals surface area contributed by atoms with Gasteiger partial charge in [0.25, 0.3) is 0 Å². The maximum atomic E-state index is 4.77. The van der Waals surface area contributed by atoms with E-state index in [1.165, 1.54) is 16.7 Å². The third kappa shape index (κ3) is 3.64. The van der Waals surface area contributed by atoms with E-state index < -0.39 is 0 Å². The molecule has 2 aromatic heterocycles. The molecule has 1 atom stereocenters. The summed E-state index contributed by atoms with van der Waals surface area (Å²) < 4.78 is 0. The van der Waals surface area contributed by atoms with E-state index in [1.807, 2.05) is 0 Å². The van der Waals surface area contributed by atoms with Crippen molar-refractivity contribution >= 4 is 33.3 Å². The van der Waals surface area contributed by atoms with Crippen LogP contribution < -0.4 is 10.2 Å². The third-order valence-corrected chi connectivity index (χ3v) is 4.69. The van der Waals surface area contributed by atoms with Gasteiger partial charge in [-0.15, -0.1) is 11.3 Å². The number of nitrogens with one attached hydrogen (secondary N) is 1. The summed E-state index contributed by atoms with van der Waals surface area (Å²) in [5, 5.41) is 4.44. The van der Waals surface area contributed by atoms with Gasteiger partial charge in [-0.2, -0.15) is 4.98 Å². The summed E-state index contributed by atoms with van der Waals surface area (Å²) in [5.74, 6) is 2.48. The van der Waals surface area contributed by atoms with Gasteiger partial charge in [0, 0.05) is 24.5 Å². The lowest BCUT2D eigenvalue weighted by molar-refractivity contribution is 0.546. The van der Waals surface area contributed by atoms with Crippen LogP contribution in [0.2, 0.25) is 0 Å². The fraction of sp³-hybridized carbons (Fsp3) is 0.625. The molecule has 116 valence electrons. The number of aryl methyl sites for hydroxylation is 1. The Labute approximate surface area is 131 Å². The Kier molecular flexibility index (Phi) is 5.39. The first kappa shape index (κ1) is 16.0. The van der Waals surface area contributed by atoms with Crippen LogP contribution in [0.4, 0.5) is 11.8 Å². The van der Waals surface area contributed by atoms with Crippen molar-refractivity contribution in [3.05, 3.63) is 10.9 Å². The Bertz CT molecular complexity index is 593. The van der Waals surface area contributed by atoms with E-state index in [-0.39, 0.29) is 0 Å². The Morgan fingerprint density at radius 3 is 2.67 bits per heavy atom. The monoisotopic (exact) mass is 306 g/mol. The van der Waals surface area contributed by atoms with Gasteiger partial charge >= 0.3 is 0 Å². The first-order valence-corrected chi connectivity index (χ1v) is 8.67. The fourth-order valence-corrected chi connectivity index (χ4v) is 3.25. The Morgan fingerprint density at radius 1 is 1.29 bits per heavy atom. The molecule has 0 fully saturated rings. The van der Waals surface area contributed by atoms with Crippen molar-refractivity contribution in [2.24, 2.45) is 5.92 Å². The van der Waals surface area contributed by atoms with E-state index in [4.69, 9.17) is 4.98 Å². The van der Waals surface area contributed by atoms with E-state index >= 15 is 0 Å². The average Bonchev–Trinajstić information content (AvgIpc) is 2.84. The minimum absolute atomic E-state index is 0.664. The lowest BCUT2D eigenvalue weighted by atomic mass is 10.1. The molecule has 2 aromatic rings. The number of thiophene rings is 1. The topological polar surface area (TPSA) is 41.1 Å². The van der Waals surface area contributed by atoms with E-state index in [0.717, 1.165) is 36.2 Å². The van der Waals surface area contributed by atoms with Crippen LogP contribution in [-0.2, 0) is 0 Å². The van der Waals surface area contributed by atoms with Crippen LogP contribution in [0.3, 0.4) is 0 Å². The molecule has 0 aliphatic heterocycles. The summed E-state index contributed by atoms with van der Waals surface area (Å²) >= 11 is 1.74. The number of fused-ring (bicyclic) bond motifs is 1. The molecule has 4 nitrogen and oxygen atoms in total. The van der Waals surface area contributed by atoms with E-state index in [1.54, 1.807) is 11.3 Å². The second-order valence-electron chi connectivity index (χ2n) is 5.53. The maximum absolute atomic E-state index is 4.77. The van der Waals surface area contributed by atoms with Crippen LogP contribution in [0.15, 0.2) is 6.07 Å². The molecule has 0 saturated heterocycles. The maximum Gasteiger partial charge on any atom is 0.226 e. The number of rotatable bonds is 7. The summed E-state index contributed by atoms with van der Waals surface area (Å²) in [5.41, 5.74) is 0. The molecule has 0 radical (unpaired) electrons. The first-order chi connectivity index (χ1) is 10.1. The molecule has 1 N–H and O–H groups in total. The van der Waals surface area contributed by atoms with Gasteiger partial charge in [0.15, 0.2) is 0 Å². The molecule has 1 unspecified atom stereocenters. The number of anilines is 2. The SMILES string of the molecule is CCNc1nc(N(CC)CC(C)CC)c2cc(C)sc2n1. The normalized spacial score (nSPS) is 12.6. The van der Waals surface area contributed by atoms with Gasteiger partial charge < -0.3 is 10.2 Å². The van der Waals surface area contributed by atoms with Crippen LogP contribution in [0.25, 0.3) is 10.2 Å². The number of hydrogen-bond donors (Lipinski definition) is 1. The molecular formula is C16H26N4S. The van der Waals surface area contributed by atoms with Crippen molar-refractivity contribution < 1.29 is 0 Å². The quantitative estimate of drug-likeness (QED) is 0.828. The van der Waals surface area contributed by atoms with Gasteiger partial charge in [0.2, 0.25) is 5.95 Å². The molecule has 0 saturated carbocycles. The van der Waals surface area contributed by atoms with Crippen LogP contribution in [-0.4, -0.2) is 29.6 Å². The van der Waals surface area contributed by atoms with Crippen LogP contribution in [0, 0.1) is 12.8 Å². The lowest BCUT2D eigenvalue weighted by Gasteiger charge is -2.26. The summed E-state index contributed by atoms with van der Waals surface area (Å²) in [6.07, 6.45) is 1.19. The molecule has 21 heavy (non-hydrogen) atoms. The second kappa shape index (κ2) is 7.07. The van der Waals surface area contributed by atoms with Crippen molar-refractivity contribution in [1.82, 2.24) is 9.97 Å². The zero-order chi connectivity index (χ0) is 15.4. The van der Waals surface area contributed by atoms with Crippen molar-refractivity contribution in [3.8, 4) is 0 Å². The summed E-state index contributed by atoms with van der Waals surface area (Å²) in [4.78, 5) is 14.2. The highest BCUT2D eigenvalue weighted by atomic mass is 32.1. The minimum Gasteiger partial charge on any atom is -0.356 e. The molecule has 0 aromatic carbocycles. The predicted octanol–water partition coefficient (Wildman–Crippen LogP) is 4.30. The number of nitrogens with zero attached hydrogens (tertiary/aromatic N) is 3. The highest BCUT2D eigenvalue weighted by Crippen LogP contribution is 2.32. The highest BCUT2D eigenvalue weighted by molar-refractivity contribution is 7.18. The molecule has 2 rings (SSSR count). The first-order valence-electron chi connectivity index (χ1n) is 7.85. The third-order valence-electron chi connectivity index (χ3n) is 3.74. The van der Waals surface area contributed by atoms with E-state index in [0.29, 0.717) is 5.92 Å². The van der Waals surface area contributed by atoms with Gasteiger partial charge in [-0.3, -0.25) is 0 Å². The zero-order valence-electron chi connectivity index (χ0n) is 13.7. The molecular weight excluding hydrogens is 280 g/mol. The summed E-state index contributed by atoms with van der Waals surface area (Å²) in [6.45, 7) is 13.8. The zero-order valence-corrected chi connectivity index (χ0v) is 14.5.